The van der Waals surface area contributed by atoms with Gasteiger partial charge in [0.15, 0.2) is 0 Å². The van der Waals surface area contributed by atoms with Crippen LogP contribution in [0.25, 0.3) is 0 Å². The third-order valence-electron chi connectivity index (χ3n) is 3.15. The Morgan fingerprint density at radius 3 is 1.14 bits per heavy atom. The van der Waals surface area contributed by atoms with Crippen molar-refractivity contribution in [1.82, 2.24) is 0 Å². The Bertz CT molecular complexity index is 120. The zero-order valence-electron chi connectivity index (χ0n) is 12.0. The highest BCUT2D eigenvalue weighted by molar-refractivity contribution is 4.67. The molecule has 0 amide bonds. The summed E-state index contributed by atoms with van der Waals surface area (Å²) < 4.78 is 0. The van der Waals surface area contributed by atoms with E-state index in [1.165, 1.54) is 12.8 Å². The van der Waals surface area contributed by atoms with E-state index in [2.05, 4.69) is 62.3 Å². The van der Waals surface area contributed by atoms with Gasteiger partial charge < -0.3 is 0 Å². The molecule has 0 aromatic heterocycles. The smallest absolute Gasteiger partial charge is 0.0357 e. The van der Waals surface area contributed by atoms with Crippen LogP contribution in [-0.4, -0.2) is 0 Å². The van der Waals surface area contributed by atoms with E-state index in [1.54, 1.807) is 0 Å². The monoisotopic (exact) mass is 200 g/mol. The molecular weight excluding hydrogens is 168 g/mol. The Hall–Kier alpha value is 0. The fourth-order valence-electron chi connectivity index (χ4n) is 0.612. The second kappa shape index (κ2) is 6.48. The summed E-state index contributed by atoms with van der Waals surface area (Å²) in [6, 6.07) is 0. The van der Waals surface area contributed by atoms with Crippen molar-refractivity contribution in [3.8, 4) is 0 Å². The maximum Gasteiger partial charge on any atom is -0.0357 e. The van der Waals surface area contributed by atoms with Crippen molar-refractivity contribution in [3.05, 3.63) is 0 Å². The molecule has 0 aromatic rings. The molecule has 0 aliphatic heterocycles. The first-order valence-corrected chi connectivity index (χ1v) is 6.04. The molecule has 14 heavy (non-hydrogen) atoms. The van der Waals surface area contributed by atoms with E-state index in [4.69, 9.17) is 0 Å². The van der Waals surface area contributed by atoms with Crippen molar-refractivity contribution in [2.24, 2.45) is 16.7 Å². The minimum absolute atomic E-state index is 0.509. The van der Waals surface area contributed by atoms with Crippen LogP contribution in [0.5, 0.6) is 0 Å². The largest absolute Gasteiger partial charge is 0.0651 e. The van der Waals surface area contributed by atoms with Crippen molar-refractivity contribution < 1.29 is 0 Å². The highest BCUT2D eigenvalue weighted by atomic mass is 14.2. The van der Waals surface area contributed by atoms with Gasteiger partial charge in [-0.25, -0.2) is 0 Å². The summed E-state index contributed by atoms with van der Waals surface area (Å²) >= 11 is 0. The maximum atomic E-state index is 2.31. The molecule has 0 rings (SSSR count). The summed E-state index contributed by atoms with van der Waals surface area (Å²) in [7, 11) is 0. The second-order valence-corrected chi connectivity index (χ2v) is 6.59. The number of rotatable bonds is 1. The van der Waals surface area contributed by atoms with Gasteiger partial charge in [0, 0.05) is 0 Å². The first-order valence-electron chi connectivity index (χ1n) is 6.04. The minimum atomic E-state index is 0.509. The standard InChI is InChI=1S/C8H18.C6H14/c1-6-7(2)8(3,4)5;1-5-6(2,3)4/h7H,6H2,1-5H3;5H2,1-4H3. The first kappa shape index (κ1) is 16.4. The third kappa shape index (κ3) is 12.0. The van der Waals surface area contributed by atoms with Gasteiger partial charge in [-0.05, 0) is 16.7 Å². The van der Waals surface area contributed by atoms with Gasteiger partial charge in [-0.2, -0.15) is 0 Å². The third-order valence-corrected chi connectivity index (χ3v) is 3.15. The van der Waals surface area contributed by atoms with E-state index in [0.29, 0.717) is 10.8 Å². The van der Waals surface area contributed by atoms with E-state index in [1.807, 2.05) is 0 Å². The lowest BCUT2D eigenvalue weighted by atomic mass is 9.81. The van der Waals surface area contributed by atoms with Crippen LogP contribution < -0.4 is 0 Å². The summed E-state index contributed by atoms with van der Waals surface area (Å²) in [5.41, 5.74) is 1.05. The highest BCUT2D eigenvalue weighted by Crippen LogP contribution is 2.27. The summed E-state index contributed by atoms with van der Waals surface area (Å²) in [5, 5.41) is 0. The van der Waals surface area contributed by atoms with E-state index >= 15 is 0 Å². The molecule has 0 nitrogen and oxygen atoms in total. The summed E-state index contributed by atoms with van der Waals surface area (Å²) in [6.07, 6.45) is 2.57. The number of hydrogen-bond acceptors (Lipinski definition) is 0. The molecule has 0 aliphatic carbocycles. The molecule has 0 spiro atoms. The molecule has 0 heteroatoms. The zero-order chi connectivity index (χ0) is 12.0. The number of hydrogen-bond donors (Lipinski definition) is 0. The molecule has 0 aromatic carbocycles. The maximum absolute atomic E-state index is 2.31. The molecule has 0 N–H and O–H groups in total. The zero-order valence-corrected chi connectivity index (χ0v) is 12.0. The van der Waals surface area contributed by atoms with E-state index in [-0.39, 0.29) is 0 Å². The Kier molecular flexibility index (Phi) is 7.60. The normalized spacial score (nSPS) is 14.4. The molecule has 0 aliphatic rings. The molecule has 0 saturated heterocycles. The Morgan fingerprint density at radius 2 is 1.14 bits per heavy atom. The minimum Gasteiger partial charge on any atom is -0.0651 e. The molecule has 0 radical (unpaired) electrons. The average Bonchev–Trinajstić information content (AvgIpc) is 2.01. The van der Waals surface area contributed by atoms with Gasteiger partial charge in [0.1, 0.15) is 0 Å². The van der Waals surface area contributed by atoms with Crippen LogP contribution in [0.1, 0.15) is 75.2 Å². The molecule has 1 atom stereocenters. The lowest BCUT2D eigenvalue weighted by Crippen LogP contribution is -2.15. The van der Waals surface area contributed by atoms with Gasteiger partial charge in [0.2, 0.25) is 0 Å². The average molecular weight is 200 g/mol. The SMILES string of the molecule is CCC(C)(C)C.CCC(C)C(C)(C)C. The molecule has 0 saturated carbocycles. The fraction of sp³-hybridized carbons (Fsp3) is 1.00. The van der Waals surface area contributed by atoms with E-state index in [9.17, 15) is 0 Å². The lowest BCUT2D eigenvalue weighted by molar-refractivity contribution is 0.254. The van der Waals surface area contributed by atoms with Crippen molar-refractivity contribution in [3.63, 3.8) is 0 Å². The van der Waals surface area contributed by atoms with Crippen LogP contribution in [0.15, 0.2) is 0 Å². The Labute approximate surface area is 92.5 Å². The van der Waals surface area contributed by atoms with Crippen LogP contribution in [0, 0.1) is 16.7 Å². The molecule has 0 bridgehead atoms. The molecule has 0 fully saturated rings. The molecular formula is C14H32. The Balaban J connectivity index is 0. The van der Waals surface area contributed by atoms with Crippen molar-refractivity contribution in [2.75, 3.05) is 0 Å². The van der Waals surface area contributed by atoms with Gasteiger partial charge >= 0.3 is 0 Å². The van der Waals surface area contributed by atoms with Gasteiger partial charge in [-0.15, -0.1) is 0 Å². The fourth-order valence-corrected chi connectivity index (χ4v) is 0.612. The predicted octanol–water partition coefficient (Wildman–Crippen LogP) is 5.52. The quantitative estimate of drug-likeness (QED) is 0.523. The summed E-state index contributed by atoms with van der Waals surface area (Å²) in [4.78, 5) is 0. The van der Waals surface area contributed by atoms with E-state index < -0.39 is 0 Å². The van der Waals surface area contributed by atoms with Gasteiger partial charge in [-0.1, -0.05) is 75.2 Å². The van der Waals surface area contributed by atoms with Crippen LogP contribution >= 0.6 is 0 Å². The highest BCUT2D eigenvalue weighted by Gasteiger charge is 2.16. The first-order chi connectivity index (χ1) is 6.04. The topological polar surface area (TPSA) is 0 Å². The van der Waals surface area contributed by atoms with Crippen molar-refractivity contribution >= 4 is 0 Å². The Morgan fingerprint density at radius 1 is 0.857 bits per heavy atom. The van der Waals surface area contributed by atoms with Gasteiger partial charge in [-0.3, -0.25) is 0 Å². The lowest BCUT2D eigenvalue weighted by Gasteiger charge is -2.25. The molecule has 88 valence electrons. The molecule has 1 unspecified atom stereocenters. The predicted molar refractivity (Wildman–Crippen MR) is 68.7 cm³/mol. The van der Waals surface area contributed by atoms with Crippen molar-refractivity contribution in [1.29, 1.82) is 0 Å². The summed E-state index contributed by atoms with van der Waals surface area (Å²) in [6.45, 7) is 20.4. The van der Waals surface area contributed by atoms with Gasteiger partial charge in [0.25, 0.3) is 0 Å². The molecule has 0 heterocycles. The summed E-state index contributed by atoms with van der Waals surface area (Å²) in [5.74, 6) is 0.850. The van der Waals surface area contributed by atoms with Crippen LogP contribution in [-0.2, 0) is 0 Å². The second-order valence-electron chi connectivity index (χ2n) is 6.59. The van der Waals surface area contributed by atoms with Gasteiger partial charge in [0.05, 0.1) is 0 Å². The van der Waals surface area contributed by atoms with Crippen LogP contribution in [0.2, 0.25) is 0 Å². The van der Waals surface area contributed by atoms with Crippen LogP contribution in [0.4, 0.5) is 0 Å². The van der Waals surface area contributed by atoms with E-state index in [0.717, 1.165) is 5.92 Å². The van der Waals surface area contributed by atoms with Crippen molar-refractivity contribution in [2.45, 2.75) is 75.2 Å². The van der Waals surface area contributed by atoms with Crippen LogP contribution in [0.3, 0.4) is 0 Å².